The van der Waals surface area contributed by atoms with E-state index in [2.05, 4.69) is 36.3 Å². The zero-order chi connectivity index (χ0) is 10.9. The number of nitrogens with zero attached hydrogens (tertiary/aromatic N) is 1. The summed E-state index contributed by atoms with van der Waals surface area (Å²) >= 11 is 0. The SMILES string of the molecule is CCCNCCC(C)Cc1ccncc1. The predicted octanol–water partition coefficient (Wildman–Crippen LogP) is 2.65. The van der Waals surface area contributed by atoms with E-state index in [0.717, 1.165) is 25.4 Å². The van der Waals surface area contributed by atoms with E-state index in [4.69, 9.17) is 0 Å². The van der Waals surface area contributed by atoms with Crippen LogP contribution in [-0.2, 0) is 6.42 Å². The molecule has 0 aliphatic heterocycles. The highest BCUT2D eigenvalue weighted by molar-refractivity contribution is 5.10. The van der Waals surface area contributed by atoms with Gasteiger partial charge in [0.1, 0.15) is 0 Å². The van der Waals surface area contributed by atoms with Crippen molar-refractivity contribution in [3.63, 3.8) is 0 Å². The molecule has 0 aromatic carbocycles. The van der Waals surface area contributed by atoms with Crippen LogP contribution in [0.3, 0.4) is 0 Å². The smallest absolute Gasteiger partial charge is 0.0270 e. The van der Waals surface area contributed by atoms with Crippen LogP contribution in [0.2, 0.25) is 0 Å². The Kier molecular flexibility index (Phi) is 6.02. The summed E-state index contributed by atoms with van der Waals surface area (Å²) in [5.74, 6) is 0.747. The third-order valence-corrected chi connectivity index (χ3v) is 2.57. The van der Waals surface area contributed by atoms with E-state index in [0.29, 0.717) is 0 Å². The molecular weight excluding hydrogens is 184 g/mol. The van der Waals surface area contributed by atoms with Crippen LogP contribution in [0.25, 0.3) is 0 Å². The van der Waals surface area contributed by atoms with Crippen LogP contribution < -0.4 is 5.32 Å². The zero-order valence-electron chi connectivity index (χ0n) is 9.87. The van der Waals surface area contributed by atoms with Crippen molar-refractivity contribution in [2.75, 3.05) is 13.1 Å². The molecule has 0 bridgehead atoms. The van der Waals surface area contributed by atoms with E-state index in [9.17, 15) is 0 Å². The summed E-state index contributed by atoms with van der Waals surface area (Å²) in [4.78, 5) is 4.03. The topological polar surface area (TPSA) is 24.9 Å². The van der Waals surface area contributed by atoms with Crippen molar-refractivity contribution in [3.8, 4) is 0 Å². The van der Waals surface area contributed by atoms with E-state index < -0.39 is 0 Å². The molecule has 0 saturated carbocycles. The minimum Gasteiger partial charge on any atom is -0.317 e. The minimum atomic E-state index is 0.747. The van der Waals surface area contributed by atoms with Crippen molar-refractivity contribution in [2.45, 2.75) is 33.1 Å². The van der Waals surface area contributed by atoms with Crippen molar-refractivity contribution in [3.05, 3.63) is 30.1 Å². The number of hydrogen-bond acceptors (Lipinski definition) is 2. The van der Waals surface area contributed by atoms with Crippen LogP contribution in [0.4, 0.5) is 0 Å². The average Bonchev–Trinajstić information content (AvgIpc) is 2.26. The summed E-state index contributed by atoms with van der Waals surface area (Å²) in [6.45, 7) is 6.80. The first-order chi connectivity index (χ1) is 7.33. The third-order valence-electron chi connectivity index (χ3n) is 2.57. The number of aromatic nitrogens is 1. The van der Waals surface area contributed by atoms with Gasteiger partial charge >= 0.3 is 0 Å². The molecule has 0 radical (unpaired) electrons. The lowest BCUT2D eigenvalue weighted by Gasteiger charge is -2.11. The minimum absolute atomic E-state index is 0.747. The predicted molar refractivity (Wildman–Crippen MR) is 64.9 cm³/mol. The molecule has 0 fully saturated rings. The van der Waals surface area contributed by atoms with Gasteiger partial charge in [-0.25, -0.2) is 0 Å². The Balaban J connectivity index is 2.16. The molecule has 0 saturated heterocycles. The van der Waals surface area contributed by atoms with Crippen LogP contribution in [0.1, 0.15) is 32.3 Å². The van der Waals surface area contributed by atoms with Gasteiger partial charge in [0, 0.05) is 12.4 Å². The molecule has 2 nitrogen and oxygen atoms in total. The Morgan fingerprint density at radius 3 is 2.67 bits per heavy atom. The maximum atomic E-state index is 4.03. The lowest BCUT2D eigenvalue weighted by Crippen LogP contribution is -2.18. The second-order valence-corrected chi connectivity index (χ2v) is 4.20. The van der Waals surface area contributed by atoms with E-state index in [1.165, 1.54) is 18.4 Å². The molecule has 1 aromatic rings. The average molecular weight is 206 g/mol. The Morgan fingerprint density at radius 1 is 1.27 bits per heavy atom. The number of hydrogen-bond donors (Lipinski definition) is 1. The molecule has 0 aliphatic rings. The van der Waals surface area contributed by atoms with Crippen LogP contribution in [0.5, 0.6) is 0 Å². The number of rotatable bonds is 7. The maximum absolute atomic E-state index is 4.03. The van der Waals surface area contributed by atoms with E-state index >= 15 is 0 Å². The number of nitrogens with one attached hydrogen (secondary N) is 1. The maximum Gasteiger partial charge on any atom is 0.0270 e. The molecule has 0 spiro atoms. The summed E-state index contributed by atoms with van der Waals surface area (Å²) < 4.78 is 0. The van der Waals surface area contributed by atoms with Crippen LogP contribution in [-0.4, -0.2) is 18.1 Å². The Morgan fingerprint density at radius 2 is 2.00 bits per heavy atom. The first-order valence-corrected chi connectivity index (χ1v) is 5.92. The van der Waals surface area contributed by atoms with Crippen molar-refractivity contribution < 1.29 is 0 Å². The summed E-state index contributed by atoms with van der Waals surface area (Å²) in [6, 6.07) is 4.21. The van der Waals surface area contributed by atoms with Crippen molar-refractivity contribution in [1.29, 1.82) is 0 Å². The third kappa shape index (κ3) is 5.53. The molecule has 0 aliphatic carbocycles. The second kappa shape index (κ2) is 7.41. The van der Waals surface area contributed by atoms with Crippen LogP contribution >= 0.6 is 0 Å². The molecule has 1 atom stereocenters. The van der Waals surface area contributed by atoms with Gasteiger partial charge in [0.05, 0.1) is 0 Å². The highest BCUT2D eigenvalue weighted by Gasteiger charge is 2.02. The summed E-state index contributed by atoms with van der Waals surface area (Å²) in [5.41, 5.74) is 1.40. The summed E-state index contributed by atoms with van der Waals surface area (Å²) in [7, 11) is 0. The molecule has 1 N–H and O–H groups in total. The molecule has 0 amide bonds. The first kappa shape index (κ1) is 12.2. The normalized spacial score (nSPS) is 12.7. The first-order valence-electron chi connectivity index (χ1n) is 5.92. The monoisotopic (exact) mass is 206 g/mol. The van der Waals surface area contributed by atoms with Crippen molar-refractivity contribution >= 4 is 0 Å². The molecule has 84 valence electrons. The Labute approximate surface area is 93.1 Å². The molecule has 1 unspecified atom stereocenters. The Bertz CT molecular complexity index is 246. The van der Waals surface area contributed by atoms with E-state index in [1.54, 1.807) is 0 Å². The molecule has 1 rings (SSSR count). The fourth-order valence-corrected chi connectivity index (χ4v) is 1.67. The zero-order valence-corrected chi connectivity index (χ0v) is 9.87. The van der Waals surface area contributed by atoms with Gasteiger partial charge in [0.15, 0.2) is 0 Å². The van der Waals surface area contributed by atoms with Crippen molar-refractivity contribution in [1.82, 2.24) is 10.3 Å². The summed E-state index contributed by atoms with van der Waals surface area (Å²) in [6.07, 6.45) is 7.38. The highest BCUT2D eigenvalue weighted by Crippen LogP contribution is 2.09. The molecule has 1 heterocycles. The molecule has 2 heteroatoms. The fourth-order valence-electron chi connectivity index (χ4n) is 1.67. The standard InChI is InChI=1S/C13H22N2/c1-3-7-14-8-4-12(2)11-13-5-9-15-10-6-13/h5-6,9-10,12,14H,3-4,7-8,11H2,1-2H3. The molecular formula is C13H22N2. The Hall–Kier alpha value is -0.890. The van der Waals surface area contributed by atoms with Gasteiger partial charge in [-0.1, -0.05) is 13.8 Å². The molecule has 15 heavy (non-hydrogen) atoms. The van der Waals surface area contributed by atoms with Gasteiger partial charge in [-0.05, 0) is 56.0 Å². The lowest BCUT2D eigenvalue weighted by atomic mass is 9.99. The van der Waals surface area contributed by atoms with Gasteiger partial charge in [-0.15, -0.1) is 0 Å². The van der Waals surface area contributed by atoms with Gasteiger partial charge in [0.2, 0.25) is 0 Å². The van der Waals surface area contributed by atoms with Gasteiger partial charge in [-0.3, -0.25) is 4.98 Å². The second-order valence-electron chi connectivity index (χ2n) is 4.20. The van der Waals surface area contributed by atoms with Crippen molar-refractivity contribution in [2.24, 2.45) is 5.92 Å². The quantitative estimate of drug-likeness (QED) is 0.694. The fraction of sp³-hybridized carbons (Fsp3) is 0.615. The summed E-state index contributed by atoms with van der Waals surface area (Å²) in [5, 5.41) is 3.44. The van der Waals surface area contributed by atoms with E-state index in [-0.39, 0.29) is 0 Å². The van der Waals surface area contributed by atoms with Gasteiger partial charge in [0.25, 0.3) is 0 Å². The van der Waals surface area contributed by atoms with E-state index in [1.807, 2.05) is 12.4 Å². The lowest BCUT2D eigenvalue weighted by molar-refractivity contribution is 0.498. The highest BCUT2D eigenvalue weighted by atomic mass is 14.8. The molecule has 1 aromatic heterocycles. The van der Waals surface area contributed by atoms with Gasteiger partial charge in [-0.2, -0.15) is 0 Å². The largest absolute Gasteiger partial charge is 0.317 e. The number of pyridine rings is 1. The van der Waals surface area contributed by atoms with Crippen LogP contribution in [0.15, 0.2) is 24.5 Å². The van der Waals surface area contributed by atoms with Gasteiger partial charge < -0.3 is 5.32 Å². The van der Waals surface area contributed by atoms with Crippen LogP contribution in [0, 0.1) is 5.92 Å².